The first-order chi connectivity index (χ1) is 9.67. The molecule has 5 heteroatoms. The van der Waals surface area contributed by atoms with E-state index in [9.17, 15) is 4.79 Å². The summed E-state index contributed by atoms with van der Waals surface area (Å²) in [5.74, 6) is -0.136. The molecular weight excluding hydrogens is 274 g/mol. The van der Waals surface area contributed by atoms with E-state index in [1.807, 2.05) is 24.3 Å². The predicted molar refractivity (Wildman–Crippen MR) is 77.3 cm³/mol. The third kappa shape index (κ3) is 2.41. The number of thiazole rings is 1. The summed E-state index contributed by atoms with van der Waals surface area (Å²) in [7, 11) is 1.64. The molecule has 0 aliphatic heterocycles. The number of ether oxygens (including phenoxy) is 1. The molecule has 0 bridgehead atoms. The summed E-state index contributed by atoms with van der Waals surface area (Å²) in [4.78, 5) is 16.9. The summed E-state index contributed by atoms with van der Waals surface area (Å²) in [6.45, 7) is 0. The van der Waals surface area contributed by atoms with Crippen molar-refractivity contribution in [3.8, 4) is 16.3 Å². The van der Waals surface area contributed by atoms with E-state index in [0.717, 1.165) is 33.3 Å². The molecule has 0 saturated carbocycles. The quantitative estimate of drug-likeness (QED) is 0.943. The number of aliphatic carboxylic acids is 1. The Morgan fingerprint density at radius 3 is 2.80 bits per heavy atom. The maximum Gasteiger partial charge on any atom is 0.306 e. The Balaban J connectivity index is 1.87. The third-order valence-corrected chi connectivity index (χ3v) is 4.79. The molecule has 2 aromatic rings. The van der Waals surface area contributed by atoms with Crippen LogP contribution >= 0.6 is 11.3 Å². The van der Waals surface area contributed by atoms with Crippen LogP contribution < -0.4 is 4.74 Å². The molecular formula is C15H15NO3S. The van der Waals surface area contributed by atoms with Gasteiger partial charge in [0, 0.05) is 10.4 Å². The van der Waals surface area contributed by atoms with Gasteiger partial charge in [0.15, 0.2) is 0 Å². The van der Waals surface area contributed by atoms with Gasteiger partial charge in [-0.1, -0.05) is 0 Å². The highest BCUT2D eigenvalue weighted by Crippen LogP contribution is 2.35. The van der Waals surface area contributed by atoms with E-state index >= 15 is 0 Å². The maximum absolute atomic E-state index is 11.1. The number of benzene rings is 1. The van der Waals surface area contributed by atoms with Crippen molar-refractivity contribution in [3.63, 3.8) is 0 Å². The molecule has 20 heavy (non-hydrogen) atoms. The first-order valence-corrected chi connectivity index (χ1v) is 7.35. The Kier molecular flexibility index (Phi) is 3.44. The number of hydrogen-bond donors (Lipinski definition) is 1. The van der Waals surface area contributed by atoms with Gasteiger partial charge in [-0.3, -0.25) is 4.79 Å². The van der Waals surface area contributed by atoms with Gasteiger partial charge in [-0.15, -0.1) is 11.3 Å². The average molecular weight is 289 g/mol. The SMILES string of the molecule is COc1ccc(-c2nc3c(s2)CC(C(=O)O)CC3)cc1. The van der Waals surface area contributed by atoms with Crippen LogP contribution in [-0.4, -0.2) is 23.2 Å². The molecule has 0 spiro atoms. The molecule has 3 rings (SSSR count). The second-order valence-electron chi connectivity index (χ2n) is 4.90. The van der Waals surface area contributed by atoms with E-state index in [1.54, 1.807) is 18.4 Å². The normalized spacial score (nSPS) is 17.6. The summed E-state index contributed by atoms with van der Waals surface area (Å²) in [5, 5.41) is 10.1. The highest BCUT2D eigenvalue weighted by atomic mass is 32.1. The fourth-order valence-corrected chi connectivity index (χ4v) is 3.64. The fraction of sp³-hybridized carbons (Fsp3) is 0.333. The number of fused-ring (bicyclic) bond motifs is 1. The second-order valence-corrected chi connectivity index (χ2v) is 5.98. The lowest BCUT2D eigenvalue weighted by molar-refractivity contribution is -0.142. The van der Waals surface area contributed by atoms with E-state index in [1.165, 1.54) is 0 Å². The largest absolute Gasteiger partial charge is 0.497 e. The Labute approximate surface area is 121 Å². The lowest BCUT2D eigenvalue weighted by atomic mass is 9.91. The van der Waals surface area contributed by atoms with E-state index in [2.05, 4.69) is 4.98 Å². The predicted octanol–water partition coefficient (Wildman–Crippen LogP) is 3.01. The monoisotopic (exact) mass is 289 g/mol. The minimum absolute atomic E-state index is 0.258. The summed E-state index contributed by atoms with van der Waals surface area (Å²) < 4.78 is 5.14. The molecule has 1 atom stereocenters. The minimum atomic E-state index is -0.699. The van der Waals surface area contributed by atoms with E-state index in [4.69, 9.17) is 9.84 Å². The Morgan fingerprint density at radius 2 is 2.15 bits per heavy atom. The zero-order chi connectivity index (χ0) is 14.1. The summed E-state index contributed by atoms with van der Waals surface area (Å²) in [6, 6.07) is 7.79. The van der Waals surface area contributed by atoms with Crippen molar-refractivity contribution in [1.29, 1.82) is 0 Å². The zero-order valence-electron chi connectivity index (χ0n) is 11.1. The van der Waals surface area contributed by atoms with Crippen LogP contribution in [0, 0.1) is 5.92 Å². The zero-order valence-corrected chi connectivity index (χ0v) is 11.9. The van der Waals surface area contributed by atoms with Crippen LogP contribution in [0.25, 0.3) is 10.6 Å². The van der Waals surface area contributed by atoms with Crippen molar-refractivity contribution >= 4 is 17.3 Å². The number of aryl methyl sites for hydroxylation is 1. The van der Waals surface area contributed by atoms with Crippen LogP contribution in [-0.2, 0) is 17.6 Å². The van der Waals surface area contributed by atoms with Crippen molar-refractivity contribution in [2.24, 2.45) is 5.92 Å². The van der Waals surface area contributed by atoms with Gasteiger partial charge in [0.2, 0.25) is 0 Å². The maximum atomic E-state index is 11.1. The van der Waals surface area contributed by atoms with Gasteiger partial charge in [-0.05, 0) is 43.5 Å². The molecule has 1 heterocycles. The molecule has 104 valence electrons. The van der Waals surface area contributed by atoms with Gasteiger partial charge in [0.1, 0.15) is 10.8 Å². The molecule has 0 amide bonds. The van der Waals surface area contributed by atoms with Crippen LogP contribution in [0.1, 0.15) is 17.0 Å². The molecule has 1 N–H and O–H groups in total. The Bertz CT molecular complexity index is 633. The minimum Gasteiger partial charge on any atom is -0.497 e. The Hall–Kier alpha value is -1.88. The number of nitrogens with zero attached hydrogens (tertiary/aromatic N) is 1. The van der Waals surface area contributed by atoms with Gasteiger partial charge in [0.25, 0.3) is 0 Å². The molecule has 0 fully saturated rings. The van der Waals surface area contributed by atoms with Gasteiger partial charge in [-0.2, -0.15) is 0 Å². The smallest absolute Gasteiger partial charge is 0.306 e. The Morgan fingerprint density at radius 1 is 1.40 bits per heavy atom. The van der Waals surface area contributed by atoms with Crippen molar-refractivity contribution in [2.45, 2.75) is 19.3 Å². The molecule has 1 aromatic carbocycles. The van der Waals surface area contributed by atoms with Gasteiger partial charge in [0.05, 0.1) is 18.7 Å². The molecule has 1 aromatic heterocycles. The number of aromatic nitrogens is 1. The van der Waals surface area contributed by atoms with Crippen molar-refractivity contribution in [2.75, 3.05) is 7.11 Å². The second kappa shape index (κ2) is 5.25. The van der Waals surface area contributed by atoms with Crippen LogP contribution in [0.5, 0.6) is 5.75 Å². The summed E-state index contributed by atoms with van der Waals surface area (Å²) in [6.07, 6.45) is 2.06. The molecule has 0 saturated heterocycles. The molecule has 4 nitrogen and oxygen atoms in total. The van der Waals surface area contributed by atoms with E-state index < -0.39 is 5.97 Å². The fourth-order valence-electron chi connectivity index (χ4n) is 2.44. The molecule has 1 unspecified atom stereocenters. The van der Waals surface area contributed by atoms with Crippen molar-refractivity contribution in [3.05, 3.63) is 34.8 Å². The van der Waals surface area contributed by atoms with E-state index in [0.29, 0.717) is 12.8 Å². The topological polar surface area (TPSA) is 59.4 Å². The third-order valence-electron chi connectivity index (χ3n) is 3.63. The van der Waals surface area contributed by atoms with Gasteiger partial charge in [-0.25, -0.2) is 4.98 Å². The van der Waals surface area contributed by atoms with Crippen molar-refractivity contribution in [1.82, 2.24) is 4.98 Å². The van der Waals surface area contributed by atoms with Gasteiger partial charge >= 0.3 is 5.97 Å². The van der Waals surface area contributed by atoms with Gasteiger partial charge < -0.3 is 9.84 Å². The number of methoxy groups -OCH3 is 1. The molecule has 0 radical (unpaired) electrons. The van der Waals surface area contributed by atoms with Crippen LogP contribution in [0.2, 0.25) is 0 Å². The number of carboxylic acids is 1. The summed E-state index contributed by atoms with van der Waals surface area (Å²) >= 11 is 1.61. The first kappa shape index (κ1) is 13.1. The number of hydrogen-bond acceptors (Lipinski definition) is 4. The highest BCUT2D eigenvalue weighted by molar-refractivity contribution is 7.15. The van der Waals surface area contributed by atoms with E-state index in [-0.39, 0.29) is 5.92 Å². The molecule has 1 aliphatic rings. The molecule has 1 aliphatic carbocycles. The average Bonchev–Trinajstić information content (AvgIpc) is 2.90. The lowest BCUT2D eigenvalue weighted by Gasteiger charge is -2.16. The first-order valence-electron chi connectivity index (χ1n) is 6.53. The number of carboxylic acid groups (broad SMARTS) is 1. The van der Waals surface area contributed by atoms with Crippen LogP contribution in [0.4, 0.5) is 0 Å². The standard InChI is InChI=1S/C15H15NO3S/c1-19-11-5-2-9(3-6-11)14-16-12-7-4-10(15(17)18)8-13(12)20-14/h2-3,5-6,10H,4,7-8H2,1H3,(H,17,18). The van der Waals surface area contributed by atoms with Crippen molar-refractivity contribution < 1.29 is 14.6 Å². The summed E-state index contributed by atoms with van der Waals surface area (Å²) in [5.41, 5.74) is 2.12. The highest BCUT2D eigenvalue weighted by Gasteiger charge is 2.27. The lowest BCUT2D eigenvalue weighted by Crippen LogP contribution is -2.21. The number of rotatable bonds is 3. The van der Waals surface area contributed by atoms with Crippen LogP contribution in [0.3, 0.4) is 0 Å². The number of carbonyl (C=O) groups is 1. The van der Waals surface area contributed by atoms with Crippen LogP contribution in [0.15, 0.2) is 24.3 Å².